The van der Waals surface area contributed by atoms with Crippen molar-refractivity contribution in [3.63, 3.8) is 0 Å². The van der Waals surface area contributed by atoms with Crippen LogP contribution in [0.2, 0.25) is 0 Å². The number of carboxylic acids is 1. The number of nitrogens with one attached hydrogen (secondary N) is 1. The second kappa shape index (κ2) is 16.4. The Kier molecular flexibility index (Phi) is 12.1. The van der Waals surface area contributed by atoms with E-state index in [0.29, 0.717) is 68.4 Å². The van der Waals surface area contributed by atoms with Crippen molar-refractivity contribution in [3.05, 3.63) is 83.4 Å². The van der Waals surface area contributed by atoms with Crippen LogP contribution < -0.4 is 24.3 Å². The summed E-state index contributed by atoms with van der Waals surface area (Å²) in [4.78, 5) is 39.5. The second-order valence-electron chi connectivity index (χ2n) is 11.1. The van der Waals surface area contributed by atoms with E-state index in [-0.39, 0.29) is 30.6 Å². The lowest BCUT2D eigenvalue weighted by Gasteiger charge is -2.32. The van der Waals surface area contributed by atoms with Gasteiger partial charge in [0, 0.05) is 32.4 Å². The number of amides is 2. The Morgan fingerprint density at radius 2 is 1.51 bits per heavy atom. The summed E-state index contributed by atoms with van der Waals surface area (Å²) >= 11 is 0. The van der Waals surface area contributed by atoms with Crippen LogP contribution in [-0.4, -0.2) is 68.3 Å². The highest BCUT2D eigenvalue weighted by Crippen LogP contribution is 2.38. The SMILES string of the molecule is COc1cc(CCC(=O)N2CCC(CC(=O)NC(Cc3ccc(OCc4ccccc4)cc3)C(=O)O)CC2)cc(OC)c1OC. The molecule has 10 nitrogen and oxygen atoms in total. The van der Waals surface area contributed by atoms with Crippen LogP contribution in [-0.2, 0) is 33.8 Å². The molecule has 3 aromatic rings. The van der Waals surface area contributed by atoms with Crippen LogP contribution in [0.15, 0.2) is 66.7 Å². The molecular weight excluding hydrogens is 576 g/mol. The number of rotatable bonds is 15. The van der Waals surface area contributed by atoms with Crippen LogP contribution in [0.5, 0.6) is 23.0 Å². The maximum atomic E-state index is 12.9. The van der Waals surface area contributed by atoms with Crippen molar-refractivity contribution in [2.24, 2.45) is 5.92 Å². The van der Waals surface area contributed by atoms with E-state index < -0.39 is 12.0 Å². The Morgan fingerprint density at radius 1 is 0.867 bits per heavy atom. The summed E-state index contributed by atoms with van der Waals surface area (Å²) in [5, 5.41) is 12.5. The van der Waals surface area contributed by atoms with Crippen LogP contribution in [0, 0.1) is 5.92 Å². The first kappa shape index (κ1) is 33.2. The van der Waals surface area contributed by atoms with Gasteiger partial charge in [-0.2, -0.15) is 0 Å². The van der Waals surface area contributed by atoms with Crippen molar-refractivity contribution in [1.82, 2.24) is 10.2 Å². The maximum absolute atomic E-state index is 12.9. The molecule has 1 aliphatic heterocycles. The largest absolute Gasteiger partial charge is 0.493 e. The van der Waals surface area contributed by atoms with Crippen molar-refractivity contribution in [2.45, 2.75) is 51.2 Å². The van der Waals surface area contributed by atoms with Crippen LogP contribution in [0.1, 0.15) is 42.4 Å². The zero-order valence-corrected chi connectivity index (χ0v) is 26.1. The molecule has 2 amide bonds. The molecule has 10 heteroatoms. The highest BCUT2D eigenvalue weighted by atomic mass is 16.5. The Labute approximate surface area is 264 Å². The number of likely N-dealkylation sites (tertiary alicyclic amines) is 1. The van der Waals surface area contributed by atoms with Crippen LogP contribution in [0.4, 0.5) is 0 Å². The highest BCUT2D eigenvalue weighted by Gasteiger charge is 2.27. The monoisotopic (exact) mass is 618 g/mol. The van der Waals surface area contributed by atoms with Gasteiger partial charge in [0.2, 0.25) is 17.6 Å². The minimum Gasteiger partial charge on any atom is -0.493 e. The molecule has 1 unspecified atom stereocenters. The summed E-state index contributed by atoms with van der Waals surface area (Å²) in [5.41, 5.74) is 2.75. The number of benzene rings is 3. The third kappa shape index (κ3) is 9.63. The van der Waals surface area contributed by atoms with Crippen LogP contribution in [0.3, 0.4) is 0 Å². The first-order valence-corrected chi connectivity index (χ1v) is 15.1. The Morgan fingerprint density at radius 3 is 2.09 bits per heavy atom. The smallest absolute Gasteiger partial charge is 0.326 e. The molecule has 0 spiro atoms. The standard InChI is InChI=1S/C35H42N2O8/c1-42-30-20-27(21-31(43-2)34(30)44-3)11-14-33(39)37-17-15-25(16-18-37)22-32(38)36-29(35(40)41)19-24-9-12-28(13-10-24)45-23-26-7-5-4-6-8-26/h4-10,12-13,20-21,25,29H,11,14-19,22-23H2,1-3H3,(H,36,38)(H,40,41). The number of nitrogens with zero attached hydrogens (tertiary/aromatic N) is 1. The quantitative estimate of drug-likeness (QED) is 0.252. The van der Waals surface area contributed by atoms with E-state index in [1.807, 2.05) is 59.5 Å². The lowest BCUT2D eigenvalue weighted by Crippen LogP contribution is -2.44. The molecule has 0 aromatic heterocycles. The number of aliphatic carboxylic acids is 1. The van der Waals surface area contributed by atoms with Crippen LogP contribution >= 0.6 is 0 Å². The molecule has 1 aliphatic rings. The molecule has 240 valence electrons. The number of carbonyl (C=O) groups excluding carboxylic acids is 2. The van der Waals surface area contributed by atoms with Gasteiger partial charge < -0.3 is 34.3 Å². The minimum atomic E-state index is -1.08. The van der Waals surface area contributed by atoms with Gasteiger partial charge in [0.1, 0.15) is 18.4 Å². The van der Waals surface area contributed by atoms with Crippen molar-refractivity contribution in [1.29, 1.82) is 0 Å². The normalized spacial score (nSPS) is 13.9. The summed E-state index contributed by atoms with van der Waals surface area (Å²) in [6.07, 6.45) is 2.63. The van der Waals surface area contributed by atoms with E-state index in [1.54, 1.807) is 33.5 Å². The van der Waals surface area contributed by atoms with Crippen molar-refractivity contribution in [3.8, 4) is 23.0 Å². The van der Waals surface area contributed by atoms with E-state index in [4.69, 9.17) is 18.9 Å². The Hall–Kier alpha value is -4.73. The summed E-state index contributed by atoms with van der Waals surface area (Å²) in [7, 11) is 4.66. The van der Waals surface area contributed by atoms with Gasteiger partial charge in [-0.1, -0.05) is 42.5 Å². The molecule has 0 aliphatic carbocycles. The molecule has 0 saturated carbocycles. The lowest BCUT2D eigenvalue weighted by atomic mass is 9.92. The van der Waals surface area contributed by atoms with Gasteiger partial charge in [0.05, 0.1) is 21.3 Å². The molecular formula is C35H42N2O8. The fraction of sp³-hybridized carbons (Fsp3) is 0.400. The number of carbonyl (C=O) groups is 3. The first-order chi connectivity index (χ1) is 21.8. The van der Waals surface area contributed by atoms with E-state index in [0.717, 1.165) is 16.7 Å². The summed E-state index contributed by atoms with van der Waals surface area (Å²) < 4.78 is 22.0. The summed E-state index contributed by atoms with van der Waals surface area (Å²) in [5.74, 6) is 1.04. The van der Waals surface area contributed by atoms with Gasteiger partial charge in [0.15, 0.2) is 11.5 Å². The Balaban J connectivity index is 1.20. The van der Waals surface area contributed by atoms with Gasteiger partial charge in [-0.15, -0.1) is 0 Å². The number of hydrogen-bond acceptors (Lipinski definition) is 7. The third-order valence-corrected chi connectivity index (χ3v) is 8.04. The van der Waals surface area contributed by atoms with Gasteiger partial charge in [-0.3, -0.25) is 9.59 Å². The fourth-order valence-corrected chi connectivity index (χ4v) is 5.49. The average Bonchev–Trinajstić information content (AvgIpc) is 3.06. The van der Waals surface area contributed by atoms with E-state index in [2.05, 4.69) is 5.32 Å². The average molecular weight is 619 g/mol. The van der Waals surface area contributed by atoms with Gasteiger partial charge in [-0.25, -0.2) is 4.79 Å². The van der Waals surface area contributed by atoms with Gasteiger partial charge in [0.25, 0.3) is 0 Å². The Bertz CT molecular complexity index is 1390. The maximum Gasteiger partial charge on any atom is 0.326 e. The number of methoxy groups -OCH3 is 3. The summed E-state index contributed by atoms with van der Waals surface area (Å²) in [6, 6.07) is 19.7. The third-order valence-electron chi connectivity index (χ3n) is 8.04. The van der Waals surface area contributed by atoms with E-state index >= 15 is 0 Å². The highest BCUT2D eigenvalue weighted by molar-refractivity contribution is 5.84. The van der Waals surface area contributed by atoms with E-state index in [1.165, 1.54) is 0 Å². The molecule has 0 radical (unpaired) electrons. The molecule has 45 heavy (non-hydrogen) atoms. The predicted octanol–water partition coefficient (Wildman–Crippen LogP) is 4.66. The van der Waals surface area contributed by atoms with Crippen molar-refractivity contribution < 1.29 is 38.4 Å². The topological polar surface area (TPSA) is 124 Å². The number of piperidine rings is 1. The number of ether oxygens (including phenoxy) is 4. The molecule has 1 saturated heterocycles. The van der Waals surface area contributed by atoms with Crippen molar-refractivity contribution >= 4 is 17.8 Å². The number of hydrogen-bond donors (Lipinski definition) is 2. The molecule has 1 heterocycles. The number of carboxylic acid groups (broad SMARTS) is 1. The molecule has 1 atom stereocenters. The van der Waals surface area contributed by atoms with E-state index in [9.17, 15) is 19.5 Å². The van der Waals surface area contributed by atoms with Gasteiger partial charge in [-0.05, 0) is 66.1 Å². The van der Waals surface area contributed by atoms with Crippen LogP contribution in [0.25, 0.3) is 0 Å². The van der Waals surface area contributed by atoms with Crippen molar-refractivity contribution in [2.75, 3.05) is 34.4 Å². The zero-order valence-electron chi connectivity index (χ0n) is 26.1. The minimum absolute atomic E-state index is 0.0501. The molecule has 0 bridgehead atoms. The lowest BCUT2D eigenvalue weighted by molar-refractivity contribution is -0.142. The fourth-order valence-electron chi connectivity index (χ4n) is 5.49. The number of aryl methyl sites for hydroxylation is 1. The summed E-state index contributed by atoms with van der Waals surface area (Å²) in [6.45, 7) is 1.57. The second-order valence-corrected chi connectivity index (χ2v) is 11.1. The van der Waals surface area contributed by atoms with Gasteiger partial charge >= 0.3 is 5.97 Å². The molecule has 1 fully saturated rings. The molecule has 3 aromatic carbocycles. The molecule has 2 N–H and O–H groups in total. The predicted molar refractivity (Wildman–Crippen MR) is 169 cm³/mol. The first-order valence-electron chi connectivity index (χ1n) is 15.1. The molecule has 4 rings (SSSR count). The zero-order chi connectivity index (χ0) is 32.2.